The van der Waals surface area contributed by atoms with Crippen LogP contribution in [0.25, 0.3) is 26.1 Å². The van der Waals surface area contributed by atoms with Gasteiger partial charge in [-0.3, -0.25) is 0 Å². The molecule has 19 heavy (non-hydrogen) atoms. The van der Waals surface area contributed by atoms with Gasteiger partial charge in [0.15, 0.2) is 5.65 Å². The van der Waals surface area contributed by atoms with E-state index in [4.69, 9.17) is 0 Å². The Bertz CT molecular complexity index is 951. The summed E-state index contributed by atoms with van der Waals surface area (Å²) in [6.45, 7) is 6.22. The Kier molecular flexibility index (Phi) is 1.95. The van der Waals surface area contributed by atoms with E-state index in [1.165, 1.54) is 11.1 Å². The van der Waals surface area contributed by atoms with Crippen LogP contribution in [0.2, 0.25) is 0 Å². The molecule has 0 fully saturated rings. The highest BCUT2D eigenvalue weighted by Gasteiger charge is 2.17. The van der Waals surface area contributed by atoms with Gasteiger partial charge >= 0.3 is 0 Å². The maximum absolute atomic E-state index is 4.66. The minimum absolute atomic E-state index is 0.739. The van der Waals surface area contributed by atoms with Crippen molar-refractivity contribution in [1.82, 2.24) is 30.0 Å². The van der Waals surface area contributed by atoms with Gasteiger partial charge in [0.25, 0.3) is 0 Å². The minimum Gasteiger partial charge on any atom is -0.242 e. The summed E-state index contributed by atoms with van der Waals surface area (Å²) in [7, 11) is 0. The van der Waals surface area contributed by atoms with Crippen molar-refractivity contribution in [3.05, 3.63) is 23.1 Å². The number of aryl methyl sites for hydroxylation is 2. The molecule has 0 aliphatic heterocycles. The van der Waals surface area contributed by atoms with Crippen LogP contribution >= 0.6 is 11.3 Å². The lowest BCUT2D eigenvalue weighted by Gasteiger charge is -2.04. The van der Waals surface area contributed by atoms with Crippen LogP contribution in [0.3, 0.4) is 0 Å². The van der Waals surface area contributed by atoms with Crippen LogP contribution < -0.4 is 0 Å². The normalized spacial score (nSPS) is 11.9. The SMILES string of the molecule is Cc1nc2sc3c(nnn4cnnc34)c2c(C)c1C. The van der Waals surface area contributed by atoms with Crippen LogP contribution in [0, 0.1) is 20.8 Å². The number of pyridine rings is 1. The lowest BCUT2D eigenvalue weighted by atomic mass is 10.1. The molecule has 0 aliphatic carbocycles. The molecule has 0 amide bonds. The van der Waals surface area contributed by atoms with Crippen LogP contribution in [0.15, 0.2) is 6.33 Å². The molecule has 0 aliphatic rings. The summed E-state index contributed by atoms with van der Waals surface area (Å²) in [6.07, 6.45) is 1.56. The van der Waals surface area contributed by atoms with Gasteiger partial charge in [-0.1, -0.05) is 5.21 Å². The van der Waals surface area contributed by atoms with Crippen LogP contribution in [0.1, 0.15) is 16.8 Å². The van der Waals surface area contributed by atoms with Gasteiger partial charge in [-0.05, 0) is 31.9 Å². The largest absolute Gasteiger partial charge is 0.242 e. The molecule has 0 saturated heterocycles. The van der Waals surface area contributed by atoms with Crippen molar-refractivity contribution in [2.24, 2.45) is 0 Å². The van der Waals surface area contributed by atoms with Gasteiger partial charge in [0, 0.05) is 11.1 Å². The van der Waals surface area contributed by atoms with E-state index in [2.05, 4.69) is 39.3 Å². The molecule has 4 aromatic heterocycles. The predicted octanol–water partition coefficient (Wildman–Crippen LogP) is 2.21. The van der Waals surface area contributed by atoms with Gasteiger partial charge in [0.1, 0.15) is 21.4 Å². The van der Waals surface area contributed by atoms with Crippen LogP contribution in [-0.2, 0) is 0 Å². The van der Waals surface area contributed by atoms with Gasteiger partial charge in [0.2, 0.25) is 0 Å². The third kappa shape index (κ3) is 1.27. The smallest absolute Gasteiger partial charge is 0.198 e. The van der Waals surface area contributed by atoms with Crippen molar-refractivity contribution in [3.63, 3.8) is 0 Å². The first-order chi connectivity index (χ1) is 9.16. The second-order valence-corrected chi connectivity index (χ2v) is 5.59. The number of hydrogen-bond donors (Lipinski definition) is 0. The Morgan fingerprint density at radius 2 is 1.95 bits per heavy atom. The zero-order valence-corrected chi connectivity index (χ0v) is 11.5. The molecule has 0 radical (unpaired) electrons. The van der Waals surface area contributed by atoms with Crippen molar-refractivity contribution in [1.29, 1.82) is 0 Å². The lowest BCUT2D eigenvalue weighted by molar-refractivity contribution is 0.826. The summed E-state index contributed by atoms with van der Waals surface area (Å²) in [5.74, 6) is 0. The van der Waals surface area contributed by atoms with Crippen molar-refractivity contribution in [2.45, 2.75) is 20.8 Å². The van der Waals surface area contributed by atoms with Gasteiger partial charge in [-0.2, -0.15) is 4.52 Å². The molecule has 0 atom stereocenters. The minimum atomic E-state index is 0.739. The quantitative estimate of drug-likeness (QED) is 0.490. The maximum atomic E-state index is 4.66. The summed E-state index contributed by atoms with van der Waals surface area (Å²) in [4.78, 5) is 5.64. The van der Waals surface area contributed by atoms with Crippen molar-refractivity contribution < 1.29 is 0 Å². The average molecular weight is 270 g/mol. The molecular formula is C12H10N6S. The molecule has 7 heteroatoms. The molecule has 4 aromatic rings. The molecule has 4 rings (SSSR count). The van der Waals surface area contributed by atoms with E-state index in [1.54, 1.807) is 22.2 Å². The third-order valence-electron chi connectivity index (χ3n) is 3.59. The second kappa shape index (κ2) is 3.45. The van der Waals surface area contributed by atoms with E-state index in [0.29, 0.717) is 0 Å². The highest BCUT2D eigenvalue weighted by Crippen LogP contribution is 2.36. The zero-order chi connectivity index (χ0) is 13.1. The van der Waals surface area contributed by atoms with Crippen molar-refractivity contribution in [2.75, 3.05) is 0 Å². The summed E-state index contributed by atoms with van der Waals surface area (Å²) in [6, 6.07) is 0. The Hall–Kier alpha value is -2.15. The molecule has 4 heterocycles. The van der Waals surface area contributed by atoms with Gasteiger partial charge in [-0.25, -0.2) is 4.98 Å². The number of rotatable bonds is 0. The first-order valence-electron chi connectivity index (χ1n) is 5.89. The molecule has 0 spiro atoms. The van der Waals surface area contributed by atoms with E-state index in [0.717, 1.165) is 31.8 Å². The third-order valence-corrected chi connectivity index (χ3v) is 4.66. The van der Waals surface area contributed by atoms with E-state index in [1.807, 2.05) is 6.92 Å². The molecule has 0 aromatic carbocycles. The Morgan fingerprint density at radius 3 is 2.79 bits per heavy atom. The number of thiophene rings is 1. The number of hydrogen-bond acceptors (Lipinski definition) is 6. The molecular weight excluding hydrogens is 260 g/mol. The fraction of sp³-hybridized carbons (Fsp3) is 0.250. The zero-order valence-electron chi connectivity index (χ0n) is 10.7. The number of nitrogens with zero attached hydrogens (tertiary/aromatic N) is 6. The van der Waals surface area contributed by atoms with Gasteiger partial charge in [0.05, 0.1) is 0 Å². The average Bonchev–Trinajstić information content (AvgIpc) is 2.98. The second-order valence-electron chi connectivity index (χ2n) is 4.60. The van der Waals surface area contributed by atoms with Crippen LogP contribution in [0.4, 0.5) is 0 Å². The fourth-order valence-electron chi connectivity index (χ4n) is 2.31. The number of fused-ring (bicyclic) bond motifs is 5. The summed E-state index contributed by atoms with van der Waals surface area (Å²) in [5, 5.41) is 17.5. The molecule has 94 valence electrons. The molecule has 0 unspecified atom stereocenters. The highest BCUT2D eigenvalue weighted by molar-refractivity contribution is 7.26. The Labute approximate surface area is 112 Å². The summed E-state index contributed by atoms with van der Waals surface area (Å²) < 4.78 is 2.58. The van der Waals surface area contributed by atoms with Crippen LogP contribution in [0.5, 0.6) is 0 Å². The van der Waals surface area contributed by atoms with E-state index >= 15 is 0 Å². The lowest BCUT2D eigenvalue weighted by Crippen LogP contribution is -1.95. The first-order valence-corrected chi connectivity index (χ1v) is 6.71. The molecule has 0 bridgehead atoms. The topological polar surface area (TPSA) is 68.9 Å². The number of aromatic nitrogens is 6. The highest BCUT2D eigenvalue weighted by atomic mass is 32.1. The summed E-state index contributed by atoms with van der Waals surface area (Å²) in [5.41, 5.74) is 5.08. The maximum Gasteiger partial charge on any atom is 0.198 e. The Balaban J connectivity index is 2.33. The van der Waals surface area contributed by atoms with Gasteiger partial charge < -0.3 is 0 Å². The first kappa shape index (κ1) is 10.7. The van der Waals surface area contributed by atoms with E-state index in [-0.39, 0.29) is 0 Å². The summed E-state index contributed by atoms with van der Waals surface area (Å²) >= 11 is 1.60. The monoisotopic (exact) mass is 270 g/mol. The Morgan fingerprint density at radius 1 is 1.11 bits per heavy atom. The van der Waals surface area contributed by atoms with Crippen LogP contribution in [-0.4, -0.2) is 30.0 Å². The van der Waals surface area contributed by atoms with Crippen molar-refractivity contribution >= 4 is 37.4 Å². The fourth-order valence-corrected chi connectivity index (χ4v) is 3.50. The van der Waals surface area contributed by atoms with E-state index < -0.39 is 0 Å². The predicted molar refractivity (Wildman–Crippen MR) is 73.5 cm³/mol. The standard InChI is InChI=1S/C12H10N6S/c1-5-6(2)8-9-10(19-12(8)14-7(5)3)11-16-13-4-18(11)17-15-9/h4H,1-3H3. The molecule has 6 nitrogen and oxygen atoms in total. The molecule has 0 N–H and O–H groups in total. The van der Waals surface area contributed by atoms with Crippen molar-refractivity contribution in [3.8, 4) is 0 Å². The van der Waals surface area contributed by atoms with Gasteiger partial charge in [-0.15, -0.1) is 26.6 Å². The van der Waals surface area contributed by atoms with E-state index in [9.17, 15) is 0 Å². The molecule has 0 saturated carbocycles.